The summed E-state index contributed by atoms with van der Waals surface area (Å²) in [4.78, 5) is 7.77. The van der Waals surface area contributed by atoms with Gasteiger partial charge in [0.2, 0.25) is 0 Å². The van der Waals surface area contributed by atoms with E-state index in [2.05, 4.69) is 9.97 Å². The Bertz CT molecular complexity index is 587. The molecule has 0 spiro atoms. The van der Waals surface area contributed by atoms with E-state index in [-0.39, 0.29) is 17.8 Å². The molecule has 4 heteroatoms. The van der Waals surface area contributed by atoms with Crippen LogP contribution < -0.4 is 0 Å². The molecule has 1 fully saturated rings. The lowest BCUT2D eigenvalue weighted by atomic mass is 10.1. The standard InChI is InChI=1S/C14H15FN2O/c1-9-12(10-3-2-4-11(15)7-10)17-13(16-9)14(8-18)5-6-14/h2-4,7,18H,5-6,8H2,1H3,(H,16,17). The lowest BCUT2D eigenvalue weighted by molar-refractivity contribution is 0.250. The van der Waals surface area contributed by atoms with Gasteiger partial charge in [-0.15, -0.1) is 0 Å². The number of hydrogen-bond acceptors (Lipinski definition) is 2. The van der Waals surface area contributed by atoms with Crippen LogP contribution in [0.4, 0.5) is 4.39 Å². The normalized spacial score (nSPS) is 16.8. The maximum Gasteiger partial charge on any atom is 0.123 e. The van der Waals surface area contributed by atoms with Gasteiger partial charge in [0.25, 0.3) is 0 Å². The summed E-state index contributed by atoms with van der Waals surface area (Å²) in [7, 11) is 0. The molecule has 3 nitrogen and oxygen atoms in total. The molecule has 0 aliphatic heterocycles. The van der Waals surface area contributed by atoms with Crippen LogP contribution in [0.2, 0.25) is 0 Å². The number of nitrogens with zero attached hydrogens (tertiary/aromatic N) is 1. The van der Waals surface area contributed by atoms with Crippen LogP contribution in [-0.4, -0.2) is 21.7 Å². The maximum atomic E-state index is 13.2. The molecule has 3 rings (SSSR count). The number of nitrogens with one attached hydrogen (secondary N) is 1. The fourth-order valence-electron chi connectivity index (χ4n) is 2.25. The number of hydrogen-bond donors (Lipinski definition) is 2. The van der Waals surface area contributed by atoms with Crippen molar-refractivity contribution in [1.82, 2.24) is 9.97 Å². The lowest BCUT2D eigenvalue weighted by Gasteiger charge is -2.06. The highest BCUT2D eigenvalue weighted by molar-refractivity contribution is 5.62. The van der Waals surface area contributed by atoms with E-state index >= 15 is 0 Å². The molecule has 0 saturated heterocycles. The van der Waals surface area contributed by atoms with Gasteiger partial charge in [-0.05, 0) is 31.9 Å². The van der Waals surface area contributed by atoms with Gasteiger partial charge in [0, 0.05) is 11.3 Å². The van der Waals surface area contributed by atoms with Gasteiger partial charge in [0.1, 0.15) is 11.6 Å². The molecule has 1 aromatic heterocycles. The highest BCUT2D eigenvalue weighted by Crippen LogP contribution is 2.47. The van der Waals surface area contributed by atoms with E-state index in [0.29, 0.717) is 0 Å². The molecule has 18 heavy (non-hydrogen) atoms. The van der Waals surface area contributed by atoms with E-state index in [1.807, 2.05) is 13.0 Å². The Labute approximate surface area is 105 Å². The number of halogens is 1. The predicted molar refractivity (Wildman–Crippen MR) is 66.7 cm³/mol. The minimum absolute atomic E-state index is 0.114. The van der Waals surface area contributed by atoms with E-state index < -0.39 is 0 Å². The molecule has 0 unspecified atom stereocenters. The zero-order valence-corrected chi connectivity index (χ0v) is 10.2. The summed E-state index contributed by atoms with van der Waals surface area (Å²) in [5, 5.41) is 9.40. The van der Waals surface area contributed by atoms with Crippen molar-refractivity contribution < 1.29 is 9.50 Å². The summed E-state index contributed by atoms with van der Waals surface area (Å²) >= 11 is 0. The van der Waals surface area contributed by atoms with E-state index in [4.69, 9.17) is 0 Å². The van der Waals surface area contributed by atoms with Crippen LogP contribution in [0.5, 0.6) is 0 Å². The Morgan fingerprint density at radius 1 is 1.44 bits per heavy atom. The molecule has 1 aliphatic rings. The van der Waals surface area contributed by atoms with Crippen LogP contribution in [0.1, 0.15) is 24.4 Å². The minimum Gasteiger partial charge on any atom is -0.395 e. The summed E-state index contributed by atoms with van der Waals surface area (Å²) in [5.41, 5.74) is 2.26. The van der Waals surface area contributed by atoms with Gasteiger partial charge in [0.05, 0.1) is 17.7 Å². The summed E-state index contributed by atoms with van der Waals surface area (Å²) < 4.78 is 13.2. The van der Waals surface area contributed by atoms with Gasteiger partial charge in [-0.3, -0.25) is 0 Å². The Hall–Kier alpha value is -1.68. The molecular weight excluding hydrogens is 231 g/mol. The van der Waals surface area contributed by atoms with Crippen molar-refractivity contribution in [3.05, 3.63) is 41.6 Å². The van der Waals surface area contributed by atoms with Crippen LogP contribution in [0.3, 0.4) is 0 Å². The van der Waals surface area contributed by atoms with Crippen molar-refractivity contribution in [2.45, 2.75) is 25.2 Å². The molecular formula is C14H15FN2O. The van der Waals surface area contributed by atoms with Gasteiger partial charge >= 0.3 is 0 Å². The maximum absolute atomic E-state index is 13.2. The molecule has 2 N–H and O–H groups in total. The van der Waals surface area contributed by atoms with Crippen molar-refractivity contribution in [1.29, 1.82) is 0 Å². The molecule has 1 aromatic carbocycles. The molecule has 0 amide bonds. The van der Waals surface area contributed by atoms with Crippen LogP contribution >= 0.6 is 0 Å². The number of aromatic amines is 1. The number of rotatable bonds is 3. The molecule has 0 radical (unpaired) electrons. The number of benzene rings is 1. The highest BCUT2D eigenvalue weighted by atomic mass is 19.1. The fraction of sp³-hybridized carbons (Fsp3) is 0.357. The largest absolute Gasteiger partial charge is 0.395 e. The second kappa shape index (κ2) is 3.92. The van der Waals surface area contributed by atoms with Crippen LogP contribution in [-0.2, 0) is 5.41 Å². The van der Waals surface area contributed by atoms with Gasteiger partial charge in [-0.2, -0.15) is 0 Å². The Balaban J connectivity index is 2.03. The second-order valence-corrected chi connectivity index (χ2v) is 5.01. The van der Waals surface area contributed by atoms with Crippen LogP contribution in [0, 0.1) is 12.7 Å². The van der Waals surface area contributed by atoms with Crippen molar-refractivity contribution in [2.75, 3.05) is 6.61 Å². The van der Waals surface area contributed by atoms with Crippen LogP contribution in [0.15, 0.2) is 24.3 Å². The van der Waals surface area contributed by atoms with Crippen molar-refractivity contribution >= 4 is 0 Å². The Morgan fingerprint density at radius 2 is 2.22 bits per heavy atom. The number of aliphatic hydroxyl groups is 1. The first-order chi connectivity index (χ1) is 8.64. The summed E-state index contributed by atoms with van der Waals surface area (Å²) in [6.07, 6.45) is 1.91. The van der Waals surface area contributed by atoms with E-state index in [0.717, 1.165) is 35.6 Å². The molecule has 1 aliphatic carbocycles. The first-order valence-electron chi connectivity index (χ1n) is 6.08. The zero-order chi connectivity index (χ0) is 12.8. The Kier molecular flexibility index (Phi) is 2.48. The third-order valence-corrected chi connectivity index (χ3v) is 3.64. The predicted octanol–water partition coefficient (Wildman–Crippen LogP) is 2.55. The fourth-order valence-corrected chi connectivity index (χ4v) is 2.25. The summed E-state index contributed by atoms with van der Waals surface area (Å²) in [5.74, 6) is 0.557. The molecule has 94 valence electrons. The SMILES string of the molecule is Cc1[nH]c(C2(CO)CC2)nc1-c1cccc(F)c1. The first-order valence-corrected chi connectivity index (χ1v) is 6.08. The lowest BCUT2D eigenvalue weighted by Crippen LogP contribution is -2.13. The second-order valence-electron chi connectivity index (χ2n) is 5.01. The number of aliphatic hydroxyl groups excluding tert-OH is 1. The smallest absolute Gasteiger partial charge is 0.123 e. The van der Waals surface area contributed by atoms with Gasteiger partial charge < -0.3 is 10.1 Å². The average Bonchev–Trinajstić information content (AvgIpc) is 3.07. The molecule has 0 bridgehead atoms. The summed E-state index contributed by atoms with van der Waals surface area (Å²) in [6.45, 7) is 2.03. The van der Waals surface area contributed by atoms with Gasteiger partial charge in [-0.1, -0.05) is 12.1 Å². The zero-order valence-electron chi connectivity index (χ0n) is 10.2. The highest BCUT2D eigenvalue weighted by Gasteiger charge is 2.46. The third kappa shape index (κ3) is 1.73. The van der Waals surface area contributed by atoms with E-state index in [9.17, 15) is 9.50 Å². The average molecular weight is 246 g/mol. The monoisotopic (exact) mass is 246 g/mol. The van der Waals surface area contributed by atoms with Crippen molar-refractivity contribution in [3.63, 3.8) is 0 Å². The molecule has 2 aromatic rings. The number of aromatic nitrogens is 2. The molecule has 1 heterocycles. The van der Waals surface area contributed by atoms with E-state index in [1.54, 1.807) is 6.07 Å². The number of aryl methyl sites for hydroxylation is 1. The van der Waals surface area contributed by atoms with Crippen LogP contribution in [0.25, 0.3) is 11.3 Å². The first kappa shape index (κ1) is 11.4. The number of imidazole rings is 1. The van der Waals surface area contributed by atoms with Crippen molar-refractivity contribution in [2.24, 2.45) is 0 Å². The van der Waals surface area contributed by atoms with Gasteiger partial charge in [-0.25, -0.2) is 9.37 Å². The Morgan fingerprint density at radius 3 is 2.83 bits per heavy atom. The minimum atomic E-state index is -0.264. The van der Waals surface area contributed by atoms with Gasteiger partial charge in [0.15, 0.2) is 0 Å². The summed E-state index contributed by atoms with van der Waals surface area (Å²) in [6, 6.07) is 6.42. The molecule has 0 atom stereocenters. The molecule has 1 saturated carbocycles. The third-order valence-electron chi connectivity index (χ3n) is 3.64. The topological polar surface area (TPSA) is 48.9 Å². The quantitative estimate of drug-likeness (QED) is 0.874. The van der Waals surface area contributed by atoms with E-state index in [1.165, 1.54) is 12.1 Å². The van der Waals surface area contributed by atoms with Crippen molar-refractivity contribution in [3.8, 4) is 11.3 Å². The number of H-pyrrole nitrogens is 1.